The molecule has 0 unspecified atom stereocenters. The Morgan fingerprint density at radius 2 is 2.06 bits per heavy atom. The van der Waals surface area contributed by atoms with Gasteiger partial charge in [-0.1, -0.05) is 11.6 Å². The maximum atomic E-state index is 13.6. The molecule has 2 aliphatic heterocycles. The van der Waals surface area contributed by atoms with Crippen LogP contribution in [-0.4, -0.2) is 60.6 Å². The van der Waals surface area contributed by atoms with Gasteiger partial charge in [0, 0.05) is 29.6 Å². The molecule has 0 spiro atoms. The molecule has 0 N–H and O–H groups in total. The molecule has 0 bridgehead atoms. The van der Waals surface area contributed by atoms with E-state index in [-0.39, 0.29) is 36.3 Å². The fraction of sp³-hybridized carbons (Fsp3) is 0.385. The zero-order valence-corrected chi connectivity index (χ0v) is 20.8. The smallest absolute Gasteiger partial charge is 0.290 e. The van der Waals surface area contributed by atoms with Crippen molar-refractivity contribution in [3.05, 3.63) is 75.3 Å². The van der Waals surface area contributed by atoms with Crippen LogP contribution in [0.1, 0.15) is 39.9 Å². The summed E-state index contributed by atoms with van der Waals surface area (Å²) in [5.41, 5.74) is 1.10. The molecule has 2 aromatic heterocycles. The van der Waals surface area contributed by atoms with E-state index in [9.17, 15) is 9.59 Å². The summed E-state index contributed by atoms with van der Waals surface area (Å²) in [6, 6.07) is 12.3. The Hall–Kier alpha value is -2.81. The molecule has 2 amide bonds. The van der Waals surface area contributed by atoms with E-state index in [4.69, 9.17) is 25.5 Å². The number of furan rings is 1. The van der Waals surface area contributed by atoms with Crippen molar-refractivity contribution in [3.63, 3.8) is 0 Å². The maximum absolute atomic E-state index is 13.6. The molecular formula is C26H27ClN2O5S. The van der Waals surface area contributed by atoms with Crippen LogP contribution in [0, 0.1) is 0 Å². The Morgan fingerprint density at radius 1 is 1.20 bits per heavy atom. The van der Waals surface area contributed by atoms with Crippen LogP contribution in [0.25, 0.3) is 0 Å². The zero-order chi connectivity index (χ0) is 24.2. The Morgan fingerprint density at radius 3 is 2.80 bits per heavy atom. The molecule has 5 rings (SSSR count). The second-order valence-corrected chi connectivity index (χ2v) is 10.2. The Bertz CT molecular complexity index is 1140. The van der Waals surface area contributed by atoms with Gasteiger partial charge in [0.2, 0.25) is 5.91 Å². The van der Waals surface area contributed by atoms with Gasteiger partial charge in [-0.2, -0.15) is 0 Å². The van der Waals surface area contributed by atoms with Gasteiger partial charge in [-0.3, -0.25) is 9.59 Å². The Labute approximate surface area is 213 Å². The molecule has 2 atom stereocenters. The van der Waals surface area contributed by atoms with Gasteiger partial charge < -0.3 is 23.7 Å². The van der Waals surface area contributed by atoms with E-state index >= 15 is 0 Å². The van der Waals surface area contributed by atoms with Crippen molar-refractivity contribution in [1.29, 1.82) is 0 Å². The van der Waals surface area contributed by atoms with E-state index in [2.05, 4.69) is 11.4 Å². The number of carbonyl (C=O) groups is 2. The average Bonchev–Trinajstić information content (AvgIpc) is 3.65. The number of carbonyl (C=O) groups excluding carboxylic acids is 2. The van der Waals surface area contributed by atoms with E-state index in [1.165, 1.54) is 11.1 Å². The highest BCUT2D eigenvalue weighted by Gasteiger charge is 2.35. The second kappa shape index (κ2) is 10.8. The van der Waals surface area contributed by atoms with Gasteiger partial charge in [0.25, 0.3) is 5.91 Å². The van der Waals surface area contributed by atoms with Crippen molar-refractivity contribution in [3.8, 4) is 5.75 Å². The Kier molecular flexibility index (Phi) is 7.41. The van der Waals surface area contributed by atoms with Crippen molar-refractivity contribution >= 4 is 34.8 Å². The summed E-state index contributed by atoms with van der Waals surface area (Å²) in [4.78, 5) is 31.5. The van der Waals surface area contributed by atoms with Crippen molar-refractivity contribution in [2.75, 3.05) is 32.8 Å². The number of hydrogen-bond donors (Lipinski definition) is 0. The molecule has 9 heteroatoms. The summed E-state index contributed by atoms with van der Waals surface area (Å²) in [7, 11) is 0. The number of halogens is 1. The first-order chi connectivity index (χ1) is 17.1. The Balaban J connectivity index is 1.33. The first kappa shape index (κ1) is 23.9. The molecule has 1 fully saturated rings. The molecule has 0 saturated carbocycles. The quantitative estimate of drug-likeness (QED) is 0.431. The molecule has 1 aromatic carbocycles. The fourth-order valence-corrected chi connectivity index (χ4v) is 5.70. The molecule has 2 aliphatic rings. The van der Waals surface area contributed by atoms with E-state index in [1.54, 1.807) is 40.5 Å². The third-order valence-corrected chi connectivity index (χ3v) is 7.68. The topological polar surface area (TPSA) is 72.2 Å². The highest BCUT2D eigenvalue weighted by atomic mass is 35.5. The minimum Gasteiger partial charge on any atom is -0.491 e. The highest BCUT2D eigenvalue weighted by molar-refractivity contribution is 7.10. The number of hydrogen-bond acceptors (Lipinski definition) is 6. The first-order valence-electron chi connectivity index (χ1n) is 11.8. The predicted octanol–water partition coefficient (Wildman–Crippen LogP) is 4.82. The van der Waals surface area contributed by atoms with Crippen molar-refractivity contribution < 1.29 is 23.5 Å². The minimum atomic E-state index is -0.305. The molecule has 0 radical (unpaired) electrons. The lowest BCUT2D eigenvalue weighted by molar-refractivity contribution is -0.135. The van der Waals surface area contributed by atoms with Gasteiger partial charge in [-0.15, -0.1) is 11.3 Å². The number of rotatable bonds is 8. The molecular weight excluding hydrogens is 488 g/mol. The van der Waals surface area contributed by atoms with Crippen LogP contribution in [0.4, 0.5) is 0 Å². The summed E-state index contributed by atoms with van der Waals surface area (Å²) >= 11 is 7.69. The number of ether oxygens (including phenoxy) is 2. The zero-order valence-electron chi connectivity index (χ0n) is 19.2. The molecule has 1 saturated heterocycles. The van der Waals surface area contributed by atoms with E-state index in [0.717, 1.165) is 24.8 Å². The standard InChI is InChI=1S/C26H27ClN2O5S/c27-18-5-7-19(8-6-18)34-17-22-21-10-14-35-24(21)9-11-29(22)25(30)16-28(15-20-3-1-12-32-20)26(31)23-4-2-13-33-23/h2,4-8,10,13-14,20,22H,1,3,9,11-12,15-17H2/t20-,22-/m1/s1. The average molecular weight is 515 g/mol. The van der Waals surface area contributed by atoms with Crippen LogP contribution >= 0.6 is 22.9 Å². The van der Waals surface area contributed by atoms with Gasteiger partial charge in [0.1, 0.15) is 18.9 Å². The van der Waals surface area contributed by atoms with Crippen LogP contribution in [0.3, 0.4) is 0 Å². The second-order valence-electron chi connectivity index (χ2n) is 8.71. The summed E-state index contributed by atoms with van der Waals surface area (Å²) in [5.74, 6) is 0.486. The molecule has 4 heterocycles. The number of nitrogens with zero attached hydrogens (tertiary/aromatic N) is 2. The number of amides is 2. The van der Waals surface area contributed by atoms with Gasteiger partial charge in [0.15, 0.2) is 5.76 Å². The number of fused-ring (bicyclic) bond motifs is 1. The normalized spacial score (nSPS) is 19.4. The molecule has 184 valence electrons. The molecule has 3 aromatic rings. The lowest BCUT2D eigenvalue weighted by Gasteiger charge is -2.37. The third-order valence-electron chi connectivity index (χ3n) is 6.43. The van der Waals surface area contributed by atoms with Gasteiger partial charge in [-0.25, -0.2) is 0 Å². The van der Waals surface area contributed by atoms with Gasteiger partial charge in [0.05, 0.1) is 18.4 Å². The monoisotopic (exact) mass is 514 g/mol. The van der Waals surface area contributed by atoms with Crippen LogP contribution in [0.5, 0.6) is 5.75 Å². The van der Waals surface area contributed by atoms with Gasteiger partial charge >= 0.3 is 0 Å². The summed E-state index contributed by atoms with van der Waals surface area (Å²) in [6.07, 6.45) is 4.00. The highest BCUT2D eigenvalue weighted by Crippen LogP contribution is 2.34. The van der Waals surface area contributed by atoms with Crippen LogP contribution in [-0.2, 0) is 16.0 Å². The summed E-state index contributed by atoms with van der Waals surface area (Å²) < 4.78 is 17.2. The largest absolute Gasteiger partial charge is 0.491 e. The predicted molar refractivity (Wildman–Crippen MR) is 133 cm³/mol. The van der Waals surface area contributed by atoms with E-state index < -0.39 is 0 Å². The SMILES string of the molecule is O=C(c1ccco1)N(CC(=O)N1CCc2sccc2[C@H]1COc1ccc(Cl)cc1)C[C@H]1CCCO1. The van der Waals surface area contributed by atoms with Gasteiger partial charge in [-0.05, 0) is 72.7 Å². The van der Waals surface area contributed by atoms with E-state index in [0.29, 0.717) is 37.1 Å². The van der Waals surface area contributed by atoms with Crippen molar-refractivity contribution in [2.24, 2.45) is 0 Å². The van der Waals surface area contributed by atoms with Crippen molar-refractivity contribution in [2.45, 2.75) is 31.4 Å². The van der Waals surface area contributed by atoms with E-state index in [1.807, 2.05) is 17.0 Å². The molecule has 35 heavy (non-hydrogen) atoms. The minimum absolute atomic E-state index is 0.0453. The fourth-order valence-electron chi connectivity index (χ4n) is 4.64. The summed E-state index contributed by atoms with van der Waals surface area (Å²) in [6.45, 7) is 1.88. The number of thiophene rings is 1. The maximum Gasteiger partial charge on any atom is 0.290 e. The molecule has 0 aliphatic carbocycles. The van der Waals surface area contributed by atoms with Crippen LogP contribution in [0.15, 0.2) is 58.5 Å². The lowest BCUT2D eigenvalue weighted by Crippen LogP contribution is -2.49. The first-order valence-corrected chi connectivity index (χ1v) is 13.0. The number of benzene rings is 1. The van der Waals surface area contributed by atoms with Crippen LogP contribution < -0.4 is 4.74 Å². The lowest BCUT2D eigenvalue weighted by atomic mass is 10.0. The van der Waals surface area contributed by atoms with Crippen molar-refractivity contribution in [1.82, 2.24) is 9.80 Å². The molecule has 7 nitrogen and oxygen atoms in total. The third kappa shape index (κ3) is 5.55. The van der Waals surface area contributed by atoms with Crippen LogP contribution in [0.2, 0.25) is 5.02 Å². The summed E-state index contributed by atoms with van der Waals surface area (Å²) in [5, 5.41) is 2.69.